The number of rotatable bonds is 11. The molecule has 0 saturated heterocycles. The van der Waals surface area contributed by atoms with E-state index in [0.29, 0.717) is 12.5 Å². The lowest BCUT2D eigenvalue weighted by molar-refractivity contribution is 0.0681. The Balaban J connectivity index is 2.45. The van der Waals surface area contributed by atoms with Crippen molar-refractivity contribution in [2.45, 2.75) is 32.8 Å². The van der Waals surface area contributed by atoms with Crippen LogP contribution >= 0.6 is 0 Å². The van der Waals surface area contributed by atoms with Gasteiger partial charge in [0.1, 0.15) is 5.82 Å². The fraction of sp³-hybridized carbons (Fsp3) is 0.647. The van der Waals surface area contributed by atoms with Gasteiger partial charge in [-0.1, -0.05) is 12.1 Å². The maximum atomic E-state index is 13.3. The van der Waals surface area contributed by atoms with Gasteiger partial charge >= 0.3 is 0 Å². The second-order valence-corrected chi connectivity index (χ2v) is 5.61. The highest BCUT2D eigenvalue weighted by molar-refractivity contribution is 5.16. The van der Waals surface area contributed by atoms with Gasteiger partial charge in [0.2, 0.25) is 0 Å². The van der Waals surface area contributed by atoms with Gasteiger partial charge in [0.25, 0.3) is 0 Å². The molecule has 21 heavy (non-hydrogen) atoms. The van der Waals surface area contributed by atoms with Gasteiger partial charge in [0.05, 0.1) is 12.7 Å². The Morgan fingerprint density at radius 1 is 1.24 bits per heavy atom. The van der Waals surface area contributed by atoms with Crippen LogP contribution in [0.5, 0.6) is 0 Å². The average molecular weight is 297 g/mol. The van der Waals surface area contributed by atoms with Crippen molar-refractivity contribution in [3.8, 4) is 0 Å². The molecule has 1 aromatic carbocycles. The van der Waals surface area contributed by atoms with Gasteiger partial charge in [0, 0.05) is 20.3 Å². The summed E-state index contributed by atoms with van der Waals surface area (Å²) in [6.45, 7) is 7.25. The molecule has 0 spiro atoms. The van der Waals surface area contributed by atoms with E-state index in [1.165, 1.54) is 6.07 Å². The largest absolute Gasteiger partial charge is 0.383 e. The summed E-state index contributed by atoms with van der Waals surface area (Å²) in [7, 11) is 1.70. The Hall–Kier alpha value is -0.970. The fourth-order valence-corrected chi connectivity index (χ4v) is 2.22. The highest BCUT2D eigenvalue weighted by Crippen LogP contribution is 2.14. The number of hydrogen-bond donors (Lipinski definition) is 1. The Morgan fingerprint density at radius 3 is 2.71 bits per heavy atom. The van der Waals surface area contributed by atoms with Gasteiger partial charge in [-0.25, -0.2) is 4.39 Å². The van der Waals surface area contributed by atoms with Crippen molar-refractivity contribution in [1.82, 2.24) is 5.32 Å². The van der Waals surface area contributed by atoms with E-state index < -0.39 is 0 Å². The van der Waals surface area contributed by atoms with E-state index >= 15 is 0 Å². The van der Waals surface area contributed by atoms with Crippen molar-refractivity contribution >= 4 is 0 Å². The summed E-state index contributed by atoms with van der Waals surface area (Å²) in [5.74, 6) is 0.263. The highest BCUT2D eigenvalue weighted by Gasteiger charge is 2.11. The molecule has 0 amide bonds. The molecule has 0 heterocycles. The molecule has 0 fully saturated rings. The molecule has 0 radical (unpaired) electrons. The van der Waals surface area contributed by atoms with Crippen LogP contribution < -0.4 is 5.32 Å². The second-order valence-electron chi connectivity index (χ2n) is 5.61. The predicted octanol–water partition coefficient (Wildman–Crippen LogP) is 3.04. The first-order chi connectivity index (χ1) is 10.1. The van der Waals surface area contributed by atoms with Gasteiger partial charge in [-0.15, -0.1) is 0 Å². The van der Waals surface area contributed by atoms with Crippen LogP contribution in [0.4, 0.5) is 4.39 Å². The molecule has 120 valence electrons. The van der Waals surface area contributed by atoms with Crippen molar-refractivity contribution in [3.63, 3.8) is 0 Å². The summed E-state index contributed by atoms with van der Waals surface area (Å²) in [6, 6.07) is 6.85. The first-order valence-corrected chi connectivity index (χ1v) is 7.67. The van der Waals surface area contributed by atoms with Crippen molar-refractivity contribution < 1.29 is 13.9 Å². The summed E-state index contributed by atoms with van der Waals surface area (Å²) in [5.41, 5.74) is 1.04. The molecule has 0 aliphatic heterocycles. The smallest absolute Gasteiger partial charge is 0.123 e. The zero-order valence-electron chi connectivity index (χ0n) is 13.4. The number of hydrogen-bond acceptors (Lipinski definition) is 3. The molecule has 0 bridgehead atoms. The lowest BCUT2D eigenvalue weighted by atomic mass is 9.96. The molecule has 4 heteroatoms. The number of methoxy groups -OCH3 is 1. The van der Waals surface area contributed by atoms with E-state index in [1.54, 1.807) is 19.2 Å². The van der Waals surface area contributed by atoms with Crippen LogP contribution in [-0.2, 0) is 15.9 Å². The van der Waals surface area contributed by atoms with E-state index in [0.717, 1.165) is 38.1 Å². The number of halogens is 1. The van der Waals surface area contributed by atoms with Crippen molar-refractivity contribution in [3.05, 3.63) is 35.6 Å². The van der Waals surface area contributed by atoms with Crippen LogP contribution in [0.2, 0.25) is 0 Å². The molecule has 1 aromatic rings. The zero-order chi connectivity index (χ0) is 15.5. The minimum absolute atomic E-state index is 0.169. The molecule has 1 atom stereocenters. The molecular formula is C17H28FNO2. The Labute approximate surface area is 127 Å². The first kappa shape index (κ1) is 18.1. The van der Waals surface area contributed by atoms with E-state index in [-0.39, 0.29) is 11.9 Å². The Bertz CT molecular complexity index is 385. The van der Waals surface area contributed by atoms with Crippen LogP contribution in [0.3, 0.4) is 0 Å². The molecule has 1 N–H and O–H groups in total. The maximum absolute atomic E-state index is 13.3. The fourth-order valence-electron chi connectivity index (χ4n) is 2.22. The monoisotopic (exact) mass is 297 g/mol. The lowest BCUT2D eigenvalue weighted by Crippen LogP contribution is -2.28. The van der Waals surface area contributed by atoms with Crippen LogP contribution in [0, 0.1) is 11.7 Å². The molecule has 3 nitrogen and oxygen atoms in total. The van der Waals surface area contributed by atoms with E-state index in [2.05, 4.69) is 5.32 Å². The third-order valence-electron chi connectivity index (χ3n) is 3.31. The predicted molar refractivity (Wildman–Crippen MR) is 84.0 cm³/mol. The van der Waals surface area contributed by atoms with Crippen LogP contribution in [0.15, 0.2) is 24.3 Å². The van der Waals surface area contributed by atoms with Crippen molar-refractivity contribution in [2.24, 2.45) is 5.92 Å². The topological polar surface area (TPSA) is 30.5 Å². The minimum atomic E-state index is -0.169. The maximum Gasteiger partial charge on any atom is 0.123 e. The molecule has 1 rings (SSSR count). The summed E-state index contributed by atoms with van der Waals surface area (Å²) in [5, 5.41) is 3.39. The summed E-state index contributed by atoms with van der Waals surface area (Å²) in [6.07, 6.45) is 2.08. The molecular weight excluding hydrogens is 269 g/mol. The summed E-state index contributed by atoms with van der Waals surface area (Å²) < 4.78 is 23.9. The number of nitrogens with one attached hydrogen (secondary N) is 1. The van der Waals surface area contributed by atoms with Crippen LogP contribution in [0.1, 0.15) is 25.8 Å². The number of ether oxygens (including phenoxy) is 2. The quantitative estimate of drug-likeness (QED) is 0.637. The van der Waals surface area contributed by atoms with E-state index in [9.17, 15) is 4.39 Å². The average Bonchev–Trinajstić information content (AvgIpc) is 2.43. The second kappa shape index (κ2) is 10.7. The third-order valence-corrected chi connectivity index (χ3v) is 3.31. The lowest BCUT2D eigenvalue weighted by Gasteiger charge is -2.19. The SMILES string of the molecule is COCCNCC(CCOC(C)C)Cc1cccc(F)c1. The summed E-state index contributed by atoms with van der Waals surface area (Å²) in [4.78, 5) is 0. The van der Waals surface area contributed by atoms with E-state index in [4.69, 9.17) is 9.47 Å². The van der Waals surface area contributed by atoms with E-state index in [1.807, 2.05) is 19.9 Å². The van der Waals surface area contributed by atoms with Gasteiger partial charge in [0.15, 0.2) is 0 Å². The third kappa shape index (κ3) is 8.81. The molecule has 0 saturated carbocycles. The van der Waals surface area contributed by atoms with Gasteiger partial charge in [-0.2, -0.15) is 0 Å². The minimum Gasteiger partial charge on any atom is -0.383 e. The van der Waals surface area contributed by atoms with Crippen molar-refractivity contribution in [2.75, 3.05) is 33.4 Å². The molecule has 0 aliphatic rings. The molecule has 0 aromatic heterocycles. The molecule has 0 aliphatic carbocycles. The highest BCUT2D eigenvalue weighted by atomic mass is 19.1. The Morgan fingerprint density at radius 2 is 2.05 bits per heavy atom. The summed E-state index contributed by atoms with van der Waals surface area (Å²) >= 11 is 0. The number of benzene rings is 1. The first-order valence-electron chi connectivity index (χ1n) is 7.67. The molecule has 1 unspecified atom stereocenters. The van der Waals surface area contributed by atoms with Gasteiger partial charge in [-0.05, 0) is 56.8 Å². The Kier molecular flexibility index (Phi) is 9.22. The van der Waals surface area contributed by atoms with Crippen LogP contribution in [-0.4, -0.2) is 39.5 Å². The van der Waals surface area contributed by atoms with Gasteiger partial charge < -0.3 is 14.8 Å². The van der Waals surface area contributed by atoms with Crippen molar-refractivity contribution in [1.29, 1.82) is 0 Å². The normalized spacial score (nSPS) is 12.8. The van der Waals surface area contributed by atoms with Crippen LogP contribution in [0.25, 0.3) is 0 Å². The van der Waals surface area contributed by atoms with Gasteiger partial charge in [-0.3, -0.25) is 0 Å². The zero-order valence-corrected chi connectivity index (χ0v) is 13.4. The standard InChI is InChI=1S/C17H28FNO2/c1-14(2)21-9-7-16(13-19-8-10-20-3)11-15-5-4-6-17(18)12-15/h4-6,12,14,16,19H,7-11,13H2,1-3H3.